The Morgan fingerprint density at radius 1 is 1.50 bits per heavy atom. The highest BCUT2D eigenvalue weighted by Crippen LogP contribution is 2.41. The molecule has 2 unspecified atom stereocenters. The normalized spacial score (nSPS) is 27.2. The summed E-state index contributed by atoms with van der Waals surface area (Å²) in [7, 11) is 0. The van der Waals surface area contributed by atoms with Gasteiger partial charge in [-0.3, -0.25) is 9.78 Å². The summed E-state index contributed by atoms with van der Waals surface area (Å²) in [5.74, 6) is 0.0737. The molecule has 1 aliphatic rings. The Labute approximate surface area is 90.9 Å². The van der Waals surface area contributed by atoms with Crippen LogP contribution in [-0.4, -0.2) is 32.4 Å². The van der Waals surface area contributed by atoms with Crippen LogP contribution in [0.4, 0.5) is 5.82 Å². The van der Waals surface area contributed by atoms with Gasteiger partial charge in [-0.05, 0) is 6.42 Å². The van der Waals surface area contributed by atoms with E-state index in [1.165, 1.54) is 0 Å². The van der Waals surface area contributed by atoms with E-state index in [-0.39, 0.29) is 23.4 Å². The first-order chi connectivity index (χ1) is 7.41. The topological polar surface area (TPSA) is 111 Å². The van der Waals surface area contributed by atoms with Crippen molar-refractivity contribution in [2.24, 2.45) is 5.41 Å². The molecule has 0 bridgehead atoms. The highest BCUT2D eigenvalue weighted by atomic mass is 16.3. The van der Waals surface area contributed by atoms with Crippen LogP contribution in [0.5, 0.6) is 0 Å². The molecule has 16 heavy (non-hydrogen) atoms. The van der Waals surface area contributed by atoms with Crippen LogP contribution in [0.3, 0.4) is 0 Å². The molecule has 0 spiro atoms. The van der Waals surface area contributed by atoms with Crippen molar-refractivity contribution in [2.45, 2.75) is 32.4 Å². The van der Waals surface area contributed by atoms with Crippen LogP contribution < -0.4 is 16.6 Å². The van der Waals surface area contributed by atoms with Crippen molar-refractivity contribution in [1.29, 1.82) is 0 Å². The minimum Gasteiger partial charge on any atom is -0.392 e. The van der Waals surface area contributed by atoms with Crippen molar-refractivity contribution in [3.63, 3.8) is 0 Å². The Hall–Kier alpha value is -1.63. The monoisotopic (exact) mass is 226 g/mol. The molecule has 2 rings (SSSR count). The van der Waals surface area contributed by atoms with Crippen LogP contribution in [0.25, 0.3) is 0 Å². The molecule has 0 amide bonds. The highest BCUT2D eigenvalue weighted by molar-refractivity contribution is 5.33. The summed E-state index contributed by atoms with van der Waals surface area (Å²) in [6.45, 7) is 3.80. The van der Waals surface area contributed by atoms with E-state index >= 15 is 0 Å². The number of aromatic amines is 2. The van der Waals surface area contributed by atoms with Crippen molar-refractivity contribution in [3.8, 4) is 0 Å². The predicted molar refractivity (Wildman–Crippen MR) is 57.3 cm³/mol. The lowest BCUT2D eigenvalue weighted by molar-refractivity contribution is -0.0512. The number of nitrogens with one attached hydrogen (secondary N) is 3. The maximum Gasteiger partial charge on any atom is 0.342 e. The standard InChI is InChI=1S/C9H14N4O3/c1-9(2)4(3-5(9)14)10-6-7(15)11-8(16)13-12-6/h4-5,14H,3H2,1-2H3,(H,10,12)(H2,11,13,15,16). The highest BCUT2D eigenvalue weighted by Gasteiger charge is 2.47. The maximum atomic E-state index is 11.3. The summed E-state index contributed by atoms with van der Waals surface area (Å²) in [6.07, 6.45) is 0.180. The zero-order chi connectivity index (χ0) is 11.9. The van der Waals surface area contributed by atoms with E-state index in [0.717, 1.165) is 0 Å². The Balaban J connectivity index is 2.17. The van der Waals surface area contributed by atoms with Crippen LogP contribution in [0, 0.1) is 5.41 Å². The van der Waals surface area contributed by atoms with Gasteiger partial charge in [0.1, 0.15) is 0 Å². The molecule has 1 heterocycles. The van der Waals surface area contributed by atoms with E-state index in [1.54, 1.807) is 0 Å². The third-order valence-electron chi connectivity index (χ3n) is 3.24. The van der Waals surface area contributed by atoms with Gasteiger partial charge in [-0.1, -0.05) is 13.8 Å². The molecular weight excluding hydrogens is 212 g/mol. The fraction of sp³-hybridized carbons (Fsp3) is 0.667. The predicted octanol–water partition coefficient (Wildman–Crippen LogP) is -0.970. The number of hydrogen-bond donors (Lipinski definition) is 4. The van der Waals surface area contributed by atoms with Gasteiger partial charge in [0.15, 0.2) is 0 Å². The number of anilines is 1. The zero-order valence-electron chi connectivity index (χ0n) is 9.07. The molecular formula is C9H14N4O3. The molecule has 7 nitrogen and oxygen atoms in total. The van der Waals surface area contributed by atoms with Gasteiger partial charge in [-0.25, -0.2) is 9.89 Å². The van der Waals surface area contributed by atoms with Crippen LogP contribution in [-0.2, 0) is 0 Å². The van der Waals surface area contributed by atoms with Crippen LogP contribution in [0.1, 0.15) is 20.3 Å². The largest absolute Gasteiger partial charge is 0.392 e. The van der Waals surface area contributed by atoms with Crippen molar-refractivity contribution >= 4 is 5.82 Å². The second-order valence-corrected chi connectivity index (χ2v) is 4.63. The van der Waals surface area contributed by atoms with Crippen molar-refractivity contribution in [1.82, 2.24) is 15.2 Å². The molecule has 0 aromatic carbocycles. The number of aliphatic hydroxyl groups excluding tert-OH is 1. The molecule has 1 aromatic heterocycles. The quantitative estimate of drug-likeness (QED) is 0.518. The Morgan fingerprint density at radius 2 is 2.19 bits per heavy atom. The van der Waals surface area contributed by atoms with E-state index < -0.39 is 11.2 Å². The molecule has 0 radical (unpaired) electrons. The van der Waals surface area contributed by atoms with Gasteiger partial charge in [0, 0.05) is 11.5 Å². The first kappa shape index (κ1) is 10.9. The van der Waals surface area contributed by atoms with E-state index in [0.29, 0.717) is 6.42 Å². The first-order valence-electron chi connectivity index (χ1n) is 5.05. The molecule has 4 N–H and O–H groups in total. The number of H-pyrrole nitrogens is 2. The zero-order valence-corrected chi connectivity index (χ0v) is 9.07. The van der Waals surface area contributed by atoms with Crippen molar-refractivity contribution in [2.75, 3.05) is 5.32 Å². The van der Waals surface area contributed by atoms with E-state index in [1.807, 2.05) is 13.8 Å². The molecule has 2 atom stereocenters. The lowest BCUT2D eigenvalue weighted by Gasteiger charge is -2.49. The third kappa shape index (κ3) is 1.63. The molecule has 1 aromatic rings. The summed E-state index contributed by atoms with van der Waals surface area (Å²) in [5, 5.41) is 18.2. The van der Waals surface area contributed by atoms with Gasteiger partial charge < -0.3 is 10.4 Å². The van der Waals surface area contributed by atoms with Crippen LogP contribution >= 0.6 is 0 Å². The smallest absolute Gasteiger partial charge is 0.342 e. The molecule has 88 valence electrons. The lowest BCUT2D eigenvalue weighted by Crippen LogP contribution is -2.57. The average molecular weight is 226 g/mol. The number of aromatic nitrogens is 3. The van der Waals surface area contributed by atoms with Gasteiger partial charge in [0.25, 0.3) is 5.56 Å². The molecule has 1 aliphatic carbocycles. The van der Waals surface area contributed by atoms with E-state index in [9.17, 15) is 14.7 Å². The number of aliphatic hydroxyl groups is 1. The number of hydrogen-bond acceptors (Lipinski definition) is 5. The Morgan fingerprint density at radius 3 is 2.69 bits per heavy atom. The summed E-state index contributed by atoms with van der Waals surface area (Å²) in [5.41, 5.74) is -1.49. The molecule has 7 heteroatoms. The minimum atomic E-state index is -0.636. The van der Waals surface area contributed by atoms with Gasteiger partial charge in [0.2, 0.25) is 5.82 Å². The lowest BCUT2D eigenvalue weighted by atomic mass is 9.64. The molecule has 0 aliphatic heterocycles. The van der Waals surface area contributed by atoms with Gasteiger partial charge in [0.05, 0.1) is 6.10 Å². The summed E-state index contributed by atoms with van der Waals surface area (Å²) < 4.78 is 0. The summed E-state index contributed by atoms with van der Waals surface area (Å²) >= 11 is 0. The Kier molecular flexibility index (Phi) is 2.34. The van der Waals surface area contributed by atoms with E-state index in [2.05, 4.69) is 20.5 Å². The summed E-state index contributed by atoms with van der Waals surface area (Å²) in [4.78, 5) is 24.2. The van der Waals surface area contributed by atoms with E-state index in [4.69, 9.17) is 0 Å². The average Bonchev–Trinajstić information content (AvgIpc) is 2.21. The first-order valence-corrected chi connectivity index (χ1v) is 5.05. The molecule has 1 fully saturated rings. The third-order valence-corrected chi connectivity index (χ3v) is 3.24. The second-order valence-electron chi connectivity index (χ2n) is 4.63. The fourth-order valence-electron chi connectivity index (χ4n) is 1.76. The molecule has 1 saturated carbocycles. The van der Waals surface area contributed by atoms with Crippen LogP contribution in [0.15, 0.2) is 9.59 Å². The Bertz CT molecular complexity index is 504. The minimum absolute atomic E-state index is 0.0259. The van der Waals surface area contributed by atoms with Gasteiger partial charge >= 0.3 is 5.69 Å². The molecule has 0 saturated heterocycles. The fourth-order valence-corrected chi connectivity index (χ4v) is 1.76. The van der Waals surface area contributed by atoms with Crippen LogP contribution in [0.2, 0.25) is 0 Å². The SMILES string of the molecule is CC1(C)C(O)CC1Nc1n[nH]c(=O)[nH]c1=O. The second kappa shape index (κ2) is 3.44. The van der Waals surface area contributed by atoms with Crippen molar-refractivity contribution < 1.29 is 5.11 Å². The van der Waals surface area contributed by atoms with Gasteiger partial charge in [-0.2, -0.15) is 0 Å². The van der Waals surface area contributed by atoms with Gasteiger partial charge in [-0.15, -0.1) is 5.10 Å². The van der Waals surface area contributed by atoms with Crippen molar-refractivity contribution in [3.05, 3.63) is 20.8 Å². The summed E-state index contributed by atoms with van der Waals surface area (Å²) in [6, 6.07) is -0.0259. The number of rotatable bonds is 2. The maximum absolute atomic E-state index is 11.3. The number of nitrogens with zero attached hydrogens (tertiary/aromatic N) is 1.